The van der Waals surface area contributed by atoms with Gasteiger partial charge in [0.1, 0.15) is 5.52 Å². The van der Waals surface area contributed by atoms with E-state index < -0.39 is 0 Å². The summed E-state index contributed by atoms with van der Waals surface area (Å²) in [5.74, 6) is 2.40. The van der Waals surface area contributed by atoms with E-state index in [9.17, 15) is 0 Å². The van der Waals surface area contributed by atoms with Gasteiger partial charge < -0.3 is 4.42 Å². The van der Waals surface area contributed by atoms with Gasteiger partial charge in [-0.05, 0) is 34.9 Å². The number of hydrogen-bond donors (Lipinski definition) is 0. The van der Waals surface area contributed by atoms with Crippen molar-refractivity contribution in [2.24, 2.45) is 0 Å². The van der Waals surface area contributed by atoms with Crippen molar-refractivity contribution in [1.82, 2.24) is 19.9 Å². The molecule has 0 spiro atoms. The predicted octanol–water partition coefficient (Wildman–Crippen LogP) is 10.0. The summed E-state index contributed by atoms with van der Waals surface area (Å²) in [5.41, 5.74) is 9.38. The van der Waals surface area contributed by atoms with Crippen LogP contribution in [0, 0.1) is 0 Å². The summed E-state index contributed by atoms with van der Waals surface area (Å²) in [6.45, 7) is 0. The molecule has 0 aliphatic rings. The average Bonchev–Trinajstić information content (AvgIpc) is 3.58. The van der Waals surface area contributed by atoms with Gasteiger partial charge in [0.25, 0.3) is 0 Å². The zero-order valence-electron chi connectivity index (χ0n) is 24.2. The second-order valence-corrected chi connectivity index (χ2v) is 10.7. The first-order valence-electron chi connectivity index (χ1n) is 14.8. The van der Waals surface area contributed by atoms with E-state index in [0.717, 1.165) is 55.6 Å². The summed E-state index contributed by atoms with van der Waals surface area (Å²) >= 11 is 0. The number of aromatic nitrogens is 4. The minimum atomic E-state index is 0.586. The molecule has 2 aromatic heterocycles. The molecule has 6 aromatic carbocycles. The highest BCUT2D eigenvalue weighted by Gasteiger charge is 2.19. The quantitative estimate of drug-likeness (QED) is 0.196. The fraction of sp³-hybridized carbons (Fsp3) is 0. The first-order chi connectivity index (χ1) is 22.3. The summed E-state index contributed by atoms with van der Waals surface area (Å²) in [7, 11) is 0. The van der Waals surface area contributed by atoms with Crippen molar-refractivity contribution in [3.05, 3.63) is 158 Å². The highest BCUT2D eigenvalue weighted by Crippen LogP contribution is 2.37. The fourth-order valence-corrected chi connectivity index (χ4v) is 5.57. The molecule has 0 saturated carbocycles. The number of fused-ring (bicyclic) bond motifs is 1. The van der Waals surface area contributed by atoms with Gasteiger partial charge in [0, 0.05) is 27.8 Å². The van der Waals surface area contributed by atoms with E-state index in [1.807, 2.05) is 103 Å². The summed E-state index contributed by atoms with van der Waals surface area (Å²) in [4.78, 5) is 20.0. The number of para-hydroxylation sites is 1. The van der Waals surface area contributed by atoms with Gasteiger partial charge >= 0.3 is 0 Å². The Bertz CT molecular complexity index is 2250. The normalized spacial score (nSPS) is 11.1. The lowest BCUT2D eigenvalue weighted by atomic mass is 9.98. The number of nitrogens with zero attached hydrogens (tertiary/aromatic N) is 4. The number of hydrogen-bond acceptors (Lipinski definition) is 5. The molecule has 0 unspecified atom stereocenters. The topological polar surface area (TPSA) is 64.7 Å². The molecule has 0 aliphatic heterocycles. The predicted molar refractivity (Wildman–Crippen MR) is 180 cm³/mol. The van der Waals surface area contributed by atoms with Crippen LogP contribution in [0.4, 0.5) is 0 Å². The van der Waals surface area contributed by atoms with Crippen molar-refractivity contribution >= 4 is 11.1 Å². The molecule has 0 fully saturated rings. The third-order valence-electron chi connectivity index (χ3n) is 7.82. The van der Waals surface area contributed by atoms with E-state index in [-0.39, 0.29) is 0 Å². The van der Waals surface area contributed by atoms with Crippen LogP contribution >= 0.6 is 0 Å². The van der Waals surface area contributed by atoms with E-state index in [4.69, 9.17) is 24.4 Å². The van der Waals surface area contributed by atoms with Crippen molar-refractivity contribution < 1.29 is 4.42 Å². The lowest BCUT2D eigenvalue weighted by Crippen LogP contribution is -2.01. The molecule has 0 amide bonds. The molecule has 8 rings (SSSR count). The monoisotopic (exact) mass is 578 g/mol. The highest BCUT2D eigenvalue weighted by atomic mass is 16.3. The Labute approximate surface area is 260 Å². The minimum Gasteiger partial charge on any atom is -0.436 e. The maximum Gasteiger partial charge on any atom is 0.227 e. The summed E-state index contributed by atoms with van der Waals surface area (Å²) in [6, 6.07) is 52.9. The molecule has 5 heteroatoms. The van der Waals surface area contributed by atoms with Crippen molar-refractivity contribution in [3.8, 4) is 67.9 Å². The Morgan fingerprint density at radius 1 is 0.311 bits per heavy atom. The molecule has 0 saturated heterocycles. The lowest BCUT2D eigenvalue weighted by molar-refractivity contribution is 0.620. The molecule has 0 bridgehead atoms. The van der Waals surface area contributed by atoms with Crippen molar-refractivity contribution in [2.45, 2.75) is 0 Å². The van der Waals surface area contributed by atoms with Crippen LogP contribution < -0.4 is 0 Å². The Morgan fingerprint density at radius 3 is 1.44 bits per heavy atom. The van der Waals surface area contributed by atoms with Crippen LogP contribution in [0.5, 0.6) is 0 Å². The van der Waals surface area contributed by atoms with Crippen molar-refractivity contribution in [1.29, 1.82) is 0 Å². The van der Waals surface area contributed by atoms with Crippen LogP contribution in [-0.2, 0) is 0 Å². The van der Waals surface area contributed by atoms with E-state index in [2.05, 4.69) is 54.6 Å². The van der Waals surface area contributed by atoms with Crippen LogP contribution in [0.15, 0.2) is 162 Å². The molecule has 0 atom stereocenters. The van der Waals surface area contributed by atoms with Crippen LogP contribution in [0.1, 0.15) is 0 Å². The smallest absolute Gasteiger partial charge is 0.227 e. The summed E-state index contributed by atoms with van der Waals surface area (Å²) in [6.07, 6.45) is 0. The van der Waals surface area contributed by atoms with Gasteiger partial charge in [-0.2, -0.15) is 0 Å². The second-order valence-electron chi connectivity index (χ2n) is 10.7. The zero-order valence-corrected chi connectivity index (χ0v) is 24.2. The molecular weight excluding hydrogens is 552 g/mol. The highest BCUT2D eigenvalue weighted by molar-refractivity contribution is 5.96. The van der Waals surface area contributed by atoms with Crippen molar-refractivity contribution in [2.75, 3.05) is 0 Å². The third kappa shape index (κ3) is 5.17. The van der Waals surface area contributed by atoms with Gasteiger partial charge in [0.2, 0.25) is 5.89 Å². The van der Waals surface area contributed by atoms with Gasteiger partial charge in [0.15, 0.2) is 23.1 Å². The number of oxazole rings is 1. The Balaban J connectivity index is 1.28. The minimum absolute atomic E-state index is 0.586. The van der Waals surface area contributed by atoms with Crippen LogP contribution in [0.2, 0.25) is 0 Å². The number of benzene rings is 6. The van der Waals surface area contributed by atoms with Gasteiger partial charge in [-0.3, -0.25) is 0 Å². The van der Waals surface area contributed by atoms with Crippen LogP contribution in [0.3, 0.4) is 0 Å². The molecule has 212 valence electrons. The Kier molecular flexibility index (Phi) is 6.74. The Morgan fingerprint density at radius 2 is 0.778 bits per heavy atom. The SMILES string of the molecule is c1ccc(-c2ccc(-c3nc(-c4ccccc4)nc(-c4ccccc4-c4cccc5oc(-c6ccccc6)nc45)n3)cc2)cc1. The third-order valence-corrected chi connectivity index (χ3v) is 7.82. The average molecular weight is 579 g/mol. The van der Waals surface area contributed by atoms with Crippen molar-refractivity contribution in [3.63, 3.8) is 0 Å². The molecule has 5 nitrogen and oxygen atoms in total. The van der Waals surface area contributed by atoms with Crippen LogP contribution in [-0.4, -0.2) is 19.9 Å². The molecule has 2 heterocycles. The number of rotatable bonds is 6. The molecule has 0 N–H and O–H groups in total. The molecule has 0 radical (unpaired) electrons. The van der Waals surface area contributed by atoms with Gasteiger partial charge in [0.05, 0.1) is 0 Å². The first kappa shape index (κ1) is 26.4. The van der Waals surface area contributed by atoms with Gasteiger partial charge in [-0.15, -0.1) is 0 Å². The molecule has 45 heavy (non-hydrogen) atoms. The largest absolute Gasteiger partial charge is 0.436 e. The fourth-order valence-electron chi connectivity index (χ4n) is 5.57. The van der Waals surface area contributed by atoms with Gasteiger partial charge in [-0.25, -0.2) is 19.9 Å². The van der Waals surface area contributed by atoms with E-state index >= 15 is 0 Å². The second kappa shape index (κ2) is 11.5. The first-order valence-corrected chi connectivity index (χ1v) is 14.8. The molecule has 8 aromatic rings. The summed E-state index contributed by atoms with van der Waals surface area (Å²) in [5, 5.41) is 0. The zero-order chi connectivity index (χ0) is 30.0. The molecular formula is C40H26N4O. The Hall–Kier alpha value is -6.20. The standard InChI is InChI=1S/C40H26N4O/c1-4-13-27(14-5-1)28-23-25-30(26-24-28)38-42-37(29-15-6-2-7-16-29)43-39(44-38)34-20-11-10-19-32(34)33-21-12-22-35-36(33)41-40(45-35)31-17-8-3-9-18-31/h1-26H. The van der Waals surface area contributed by atoms with E-state index in [1.54, 1.807) is 0 Å². The maximum absolute atomic E-state index is 6.20. The maximum atomic E-state index is 6.20. The van der Waals surface area contributed by atoms with E-state index in [1.165, 1.54) is 0 Å². The summed E-state index contributed by atoms with van der Waals surface area (Å²) < 4.78 is 6.20. The van der Waals surface area contributed by atoms with Gasteiger partial charge in [-0.1, -0.05) is 140 Å². The lowest BCUT2D eigenvalue weighted by Gasteiger charge is -2.12. The van der Waals surface area contributed by atoms with Crippen LogP contribution in [0.25, 0.3) is 79.0 Å². The molecule has 0 aliphatic carbocycles. The van der Waals surface area contributed by atoms with E-state index in [0.29, 0.717) is 23.4 Å².